The molecule has 0 saturated heterocycles. The van der Waals surface area contributed by atoms with Crippen LogP contribution in [-0.4, -0.2) is 0 Å². The van der Waals surface area contributed by atoms with Crippen molar-refractivity contribution in [3.63, 3.8) is 0 Å². The zero-order valence-corrected chi connectivity index (χ0v) is 29.1. The van der Waals surface area contributed by atoms with E-state index in [1.807, 2.05) is 22.7 Å². The van der Waals surface area contributed by atoms with Crippen LogP contribution in [0.5, 0.6) is 0 Å². The molecule has 0 aliphatic heterocycles. The van der Waals surface area contributed by atoms with Gasteiger partial charge in [0.15, 0.2) is 0 Å². The topological polar surface area (TPSA) is 26.3 Å². The van der Waals surface area contributed by atoms with Gasteiger partial charge in [-0.25, -0.2) is 0 Å². The van der Waals surface area contributed by atoms with Crippen LogP contribution in [0.25, 0.3) is 129 Å². The lowest BCUT2D eigenvalue weighted by atomic mass is 9.78. The fourth-order valence-corrected chi connectivity index (χ4v) is 11.3. The molecule has 0 N–H and O–H groups in total. The summed E-state index contributed by atoms with van der Waals surface area (Å²) in [6, 6.07) is 53.4. The molecule has 0 saturated carbocycles. The molecule has 2 nitrogen and oxygen atoms in total. The SMILES string of the molecule is c1ccc2c(c1)oc1ccc3c(c12)-c1cc2sc4ccccc4c2cc1-c1cc2c(cc1-c1c-3ccc3oc4ccccc4c13)sc1ccccc12. The number of hydrogen-bond acceptors (Lipinski definition) is 4. The second-order valence-corrected chi connectivity index (χ2v) is 16.1. The molecule has 0 fully saturated rings. The predicted molar refractivity (Wildman–Crippen MR) is 222 cm³/mol. The number of para-hydroxylation sites is 2. The van der Waals surface area contributed by atoms with Gasteiger partial charge in [0, 0.05) is 73.0 Å². The minimum Gasteiger partial charge on any atom is -0.456 e. The molecule has 52 heavy (non-hydrogen) atoms. The summed E-state index contributed by atoms with van der Waals surface area (Å²) in [5.41, 5.74) is 13.4. The Labute approximate surface area is 304 Å². The fourth-order valence-electron chi connectivity index (χ4n) is 9.04. The maximum atomic E-state index is 6.60. The van der Waals surface area contributed by atoms with Gasteiger partial charge in [0.05, 0.1) is 0 Å². The quantitative estimate of drug-likeness (QED) is 0.158. The number of rotatable bonds is 0. The summed E-state index contributed by atoms with van der Waals surface area (Å²) in [6.45, 7) is 0. The first-order valence-electron chi connectivity index (χ1n) is 17.6. The molecular weight excluding hydrogens is 673 g/mol. The van der Waals surface area contributed by atoms with Gasteiger partial charge < -0.3 is 8.83 Å². The molecule has 8 aromatic carbocycles. The third-order valence-electron chi connectivity index (χ3n) is 11.2. The molecular formula is C48H24O2S2. The van der Waals surface area contributed by atoms with Crippen molar-refractivity contribution in [1.29, 1.82) is 0 Å². The number of fused-ring (bicyclic) bond motifs is 22. The molecule has 0 unspecified atom stereocenters. The Hall–Kier alpha value is -6.20. The Morgan fingerprint density at radius 2 is 0.712 bits per heavy atom. The van der Waals surface area contributed by atoms with Gasteiger partial charge in [0.2, 0.25) is 0 Å². The van der Waals surface area contributed by atoms with Crippen molar-refractivity contribution >= 4 is 107 Å². The molecule has 4 heteroatoms. The zero-order valence-electron chi connectivity index (χ0n) is 27.5. The molecule has 0 atom stereocenters. The van der Waals surface area contributed by atoms with Crippen molar-refractivity contribution in [2.24, 2.45) is 0 Å². The van der Waals surface area contributed by atoms with Gasteiger partial charge in [-0.15, -0.1) is 22.7 Å². The lowest BCUT2D eigenvalue weighted by Gasteiger charge is -2.25. The van der Waals surface area contributed by atoms with Gasteiger partial charge in [-0.3, -0.25) is 0 Å². The van der Waals surface area contributed by atoms with Crippen LogP contribution in [0.3, 0.4) is 0 Å². The van der Waals surface area contributed by atoms with E-state index >= 15 is 0 Å². The van der Waals surface area contributed by atoms with Crippen molar-refractivity contribution in [3.8, 4) is 44.5 Å². The monoisotopic (exact) mass is 696 g/mol. The van der Waals surface area contributed by atoms with Gasteiger partial charge >= 0.3 is 0 Å². The molecule has 0 amide bonds. The second-order valence-electron chi connectivity index (χ2n) is 13.9. The number of benzene rings is 8. The van der Waals surface area contributed by atoms with E-state index in [-0.39, 0.29) is 0 Å². The molecule has 1 aliphatic carbocycles. The molecule has 0 bridgehead atoms. The van der Waals surface area contributed by atoms with E-state index in [0.29, 0.717) is 0 Å². The van der Waals surface area contributed by atoms with E-state index in [1.165, 1.54) is 84.9 Å². The van der Waals surface area contributed by atoms with E-state index < -0.39 is 0 Å². The Morgan fingerprint density at radius 3 is 1.19 bits per heavy atom. The highest BCUT2D eigenvalue weighted by atomic mass is 32.1. The predicted octanol–water partition coefficient (Wildman–Crippen LogP) is 15.2. The van der Waals surface area contributed by atoms with E-state index in [0.717, 1.165) is 43.9 Å². The Kier molecular flexibility index (Phi) is 5.17. The van der Waals surface area contributed by atoms with Gasteiger partial charge in [0.25, 0.3) is 0 Å². The van der Waals surface area contributed by atoms with Gasteiger partial charge in [-0.05, 0) is 106 Å². The average molecular weight is 697 g/mol. The highest BCUT2D eigenvalue weighted by Crippen LogP contribution is 2.56. The van der Waals surface area contributed by atoms with Crippen LogP contribution in [-0.2, 0) is 0 Å². The average Bonchev–Trinajstić information content (AvgIpc) is 3.95. The summed E-state index contributed by atoms with van der Waals surface area (Å²) < 4.78 is 18.4. The van der Waals surface area contributed by atoms with Crippen molar-refractivity contribution in [2.45, 2.75) is 0 Å². The fraction of sp³-hybridized carbons (Fsp3) is 0. The minimum absolute atomic E-state index is 0.902. The summed E-state index contributed by atoms with van der Waals surface area (Å²) in [7, 11) is 0. The maximum absolute atomic E-state index is 6.60. The summed E-state index contributed by atoms with van der Waals surface area (Å²) in [5.74, 6) is 0. The van der Waals surface area contributed by atoms with E-state index in [2.05, 4.69) is 146 Å². The minimum atomic E-state index is 0.902. The smallest absolute Gasteiger partial charge is 0.136 e. The van der Waals surface area contributed by atoms with Crippen molar-refractivity contribution < 1.29 is 8.83 Å². The second kappa shape index (κ2) is 9.77. The van der Waals surface area contributed by atoms with Gasteiger partial charge in [-0.1, -0.05) is 72.8 Å². The first kappa shape index (κ1) is 27.5. The lowest BCUT2D eigenvalue weighted by molar-refractivity contribution is 0.668. The Morgan fingerprint density at radius 1 is 0.288 bits per heavy atom. The van der Waals surface area contributed by atoms with E-state index in [4.69, 9.17) is 8.83 Å². The highest BCUT2D eigenvalue weighted by molar-refractivity contribution is 7.26. The normalized spacial score (nSPS) is 12.6. The van der Waals surface area contributed by atoms with Crippen LogP contribution in [0.2, 0.25) is 0 Å². The summed E-state index contributed by atoms with van der Waals surface area (Å²) in [5, 5.41) is 9.75. The van der Waals surface area contributed by atoms with Crippen molar-refractivity contribution in [2.75, 3.05) is 0 Å². The maximum Gasteiger partial charge on any atom is 0.136 e. The number of thiophene rings is 2. The number of hydrogen-bond donors (Lipinski definition) is 0. The Bertz CT molecular complexity index is 3300. The van der Waals surface area contributed by atoms with Crippen LogP contribution in [0.15, 0.2) is 154 Å². The molecule has 4 heterocycles. The zero-order chi connectivity index (χ0) is 33.7. The molecule has 0 radical (unpaired) electrons. The molecule has 12 aromatic rings. The molecule has 1 aliphatic rings. The van der Waals surface area contributed by atoms with Crippen LogP contribution in [0.1, 0.15) is 0 Å². The lowest BCUT2D eigenvalue weighted by Crippen LogP contribution is -1.98. The standard InChI is InChI=1S/C48H24O2S2/c1-5-13-37-29(11-1)47-39(49-37)19-17-27-28-18-20-40-48(30-12-2-6-14-38(30)50-40)46(28)36-24-44-34(26-10-4-8-16-42(26)52-44)22-32(36)31-21-33-25-9-3-7-15-41(25)51-43(33)23-35(31)45(27)47/h1-24H. The van der Waals surface area contributed by atoms with Crippen LogP contribution < -0.4 is 0 Å². The number of furan rings is 2. The third kappa shape index (κ3) is 3.48. The van der Waals surface area contributed by atoms with E-state index in [9.17, 15) is 0 Å². The molecule has 13 rings (SSSR count). The first-order chi connectivity index (χ1) is 25.8. The van der Waals surface area contributed by atoms with Crippen molar-refractivity contribution in [3.05, 3.63) is 146 Å². The summed E-state index contributed by atoms with van der Waals surface area (Å²) in [6.07, 6.45) is 0. The van der Waals surface area contributed by atoms with E-state index in [1.54, 1.807) is 0 Å². The molecule has 240 valence electrons. The molecule has 0 spiro atoms. The van der Waals surface area contributed by atoms with Crippen molar-refractivity contribution in [1.82, 2.24) is 0 Å². The Balaban J connectivity index is 1.32. The van der Waals surface area contributed by atoms with Crippen LogP contribution in [0, 0.1) is 0 Å². The highest BCUT2D eigenvalue weighted by Gasteiger charge is 2.30. The summed E-state index contributed by atoms with van der Waals surface area (Å²) in [4.78, 5) is 0. The van der Waals surface area contributed by atoms with Gasteiger partial charge in [0.1, 0.15) is 22.3 Å². The third-order valence-corrected chi connectivity index (χ3v) is 13.5. The molecule has 4 aromatic heterocycles. The van der Waals surface area contributed by atoms with Crippen LogP contribution in [0.4, 0.5) is 0 Å². The summed E-state index contributed by atoms with van der Waals surface area (Å²) >= 11 is 3.75. The van der Waals surface area contributed by atoms with Crippen LogP contribution >= 0.6 is 22.7 Å². The first-order valence-corrected chi connectivity index (χ1v) is 19.2. The van der Waals surface area contributed by atoms with Gasteiger partial charge in [-0.2, -0.15) is 0 Å². The largest absolute Gasteiger partial charge is 0.456 e.